The fourth-order valence-electron chi connectivity index (χ4n) is 1.12. The van der Waals surface area contributed by atoms with Gasteiger partial charge in [0.15, 0.2) is 0 Å². The highest BCUT2D eigenvalue weighted by molar-refractivity contribution is 5.79. The zero-order valence-corrected chi connectivity index (χ0v) is 6.56. The summed E-state index contributed by atoms with van der Waals surface area (Å²) in [5.41, 5.74) is 0.677. The van der Waals surface area contributed by atoms with Crippen molar-refractivity contribution in [2.24, 2.45) is 0 Å². The van der Waals surface area contributed by atoms with Crippen LogP contribution in [0.5, 0.6) is 5.75 Å². The van der Waals surface area contributed by atoms with Crippen LogP contribution in [0.4, 0.5) is 0 Å². The third kappa shape index (κ3) is 0.887. The monoisotopic (exact) mass is 164 g/mol. The van der Waals surface area contributed by atoms with Crippen molar-refractivity contribution >= 4 is 10.9 Å². The molecule has 0 aliphatic carbocycles. The van der Waals surface area contributed by atoms with Crippen LogP contribution in [-0.4, -0.2) is 22.3 Å². The molecule has 0 saturated heterocycles. The lowest BCUT2D eigenvalue weighted by molar-refractivity contribution is 0.161. The maximum Gasteiger partial charge on any atom is 0.119 e. The molecule has 0 fully saturated rings. The second kappa shape index (κ2) is 2.41. The predicted molar refractivity (Wildman–Crippen MR) is 43.5 cm³/mol. The zero-order valence-electron chi connectivity index (χ0n) is 6.56. The van der Waals surface area contributed by atoms with E-state index in [0.29, 0.717) is 5.52 Å². The summed E-state index contributed by atoms with van der Waals surface area (Å²) < 4.78 is 5.01. The predicted octanol–water partition coefficient (Wildman–Crippen LogP) is 1.28. The van der Waals surface area contributed by atoms with Crippen LogP contribution in [-0.2, 0) is 0 Å². The molecular formula is C8H8N2O2. The van der Waals surface area contributed by atoms with Crippen molar-refractivity contribution < 1.29 is 9.94 Å². The fourth-order valence-corrected chi connectivity index (χ4v) is 1.12. The van der Waals surface area contributed by atoms with Crippen LogP contribution in [0.1, 0.15) is 0 Å². The van der Waals surface area contributed by atoms with Gasteiger partial charge < -0.3 is 9.94 Å². The van der Waals surface area contributed by atoms with Gasteiger partial charge in [-0.05, 0) is 18.2 Å². The van der Waals surface area contributed by atoms with Gasteiger partial charge in [-0.1, -0.05) is 0 Å². The number of aromatic nitrogens is 2. The van der Waals surface area contributed by atoms with E-state index in [1.807, 2.05) is 6.07 Å². The number of ether oxygens (including phenoxy) is 1. The molecule has 2 aromatic rings. The number of hydrogen-bond acceptors (Lipinski definition) is 3. The molecule has 0 aliphatic heterocycles. The third-order valence-electron chi connectivity index (χ3n) is 1.76. The lowest BCUT2D eigenvalue weighted by Crippen LogP contribution is -1.90. The van der Waals surface area contributed by atoms with Gasteiger partial charge in [0.25, 0.3) is 0 Å². The first-order valence-electron chi connectivity index (χ1n) is 3.52. The van der Waals surface area contributed by atoms with Crippen LogP contribution in [0.25, 0.3) is 10.9 Å². The Kier molecular flexibility index (Phi) is 1.40. The minimum absolute atomic E-state index is 0.677. The lowest BCUT2D eigenvalue weighted by atomic mass is 10.2. The highest BCUT2D eigenvalue weighted by Crippen LogP contribution is 2.19. The van der Waals surface area contributed by atoms with Gasteiger partial charge in [-0.25, -0.2) is 0 Å². The average Bonchev–Trinajstić information content (AvgIpc) is 2.47. The third-order valence-corrected chi connectivity index (χ3v) is 1.76. The SMILES string of the molecule is COc1ccc2c(cnn2O)c1. The van der Waals surface area contributed by atoms with E-state index < -0.39 is 0 Å². The van der Waals surface area contributed by atoms with Gasteiger partial charge in [-0.3, -0.25) is 0 Å². The summed E-state index contributed by atoms with van der Waals surface area (Å²) in [7, 11) is 1.60. The van der Waals surface area contributed by atoms with Crippen molar-refractivity contribution in [3.05, 3.63) is 24.4 Å². The van der Waals surface area contributed by atoms with E-state index >= 15 is 0 Å². The van der Waals surface area contributed by atoms with Crippen molar-refractivity contribution in [2.75, 3.05) is 7.11 Å². The Labute approximate surface area is 68.9 Å². The van der Waals surface area contributed by atoms with Crippen LogP contribution in [0, 0.1) is 0 Å². The molecule has 0 atom stereocenters. The fraction of sp³-hybridized carbons (Fsp3) is 0.125. The largest absolute Gasteiger partial charge is 0.497 e. The minimum Gasteiger partial charge on any atom is -0.497 e. The molecule has 0 radical (unpaired) electrons. The van der Waals surface area contributed by atoms with E-state index in [1.54, 1.807) is 25.4 Å². The first kappa shape index (κ1) is 6.97. The first-order valence-corrected chi connectivity index (χ1v) is 3.52. The summed E-state index contributed by atoms with van der Waals surface area (Å²) in [5, 5.41) is 13.7. The number of hydrogen-bond donors (Lipinski definition) is 1. The molecule has 0 aliphatic rings. The van der Waals surface area contributed by atoms with Crippen molar-refractivity contribution in [2.45, 2.75) is 0 Å². The zero-order chi connectivity index (χ0) is 8.55. The molecule has 0 saturated carbocycles. The normalized spacial score (nSPS) is 10.4. The van der Waals surface area contributed by atoms with Crippen LogP contribution >= 0.6 is 0 Å². The standard InChI is InChI=1S/C8H8N2O2/c1-12-7-2-3-8-6(4-7)5-9-10(8)11/h2-5,11H,1H3. The molecule has 0 unspecified atom stereocenters. The Hall–Kier alpha value is -1.71. The highest BCUT2D eigenvalue weighted by Gasteiger charge is 2.01. The van der Waals surface area contributed by atoms with Crippen molar-refractivity contribution in [3.63, 3.8) is 0 Å². The average molecular weight is 164 g/mol. The topological polar surface area (TPSA) is 47.3 Å². The van der Waals surface area contributed by atoms with Crippen molar-refractivity contribution in [1.29, 1.82) is 0 Å². The first-order chi connectivity index (χ1) is 5.81. The Morgan fingerprint density at radius 1 is 1.50 bits per heavy atom. The van der Waals surface area contributed by atoms with Gasteiger partial charge in [-0.15, -0.1) is 9.94 Å². The summed E-state index contributed by atoms with van der Waals surface area (Å²) in [4.78, 5) is 0.842. The molecule has 1 N–H and O–H groups in total. The number of benzene rings is 1. The summed E-state index contributed by atoms with van der Waals surface area (Å²) >= 11 is 0. The molecule has 0 bridgehead atoms. The molecule has 1 heterocycles. The summed E-state index contributed by atoms with van der Waals surface area (Å²) in [6.07, 6.45) is 1.58. The van der Waals surface area contributed by atoms with E-state index in [9.17, 15) is 0 Å². The number of methoxy groups -OCH3 is 1. The van der Waals surface area contributed by atoms with E-state index in [4.69, 9.17) is 9.94 Å². The second-order valence-electron chi connectivity index (χ2n) is 2.46. The molecule has 1 aromatic carbocycles. The van der Waals surface area contributed by atoms with E-state index in [1.165, 1.54) is 0 Å². The molecule has 0 amide bonds. The molecule has 4 heteroatoms. The summed E-state index contributed by atoms with van der Waals surface area (Å²) in [6, 6.07) is 5.34. The van der Waals surface area contributed by atoms with Crippen LogP contribution in [0.3, 0.4) is 0 Å². The summed E-state index contributed by atoms with van der Waals surface area (Å²) in [5.74, 6) is 0.760. The Morgan fingerprint density at radius 2 is 2.33 bits per heavy atom. The van der Waals surface area contributed by atoms with Gasteiger partial charge in [0, 0.05) is 5.39 Å². The smallest absolute Gasteiger partial charge is 0.119 e. The van der Waals surface area contributed by atoms with E-state index in [-0.39, 0.29) is 0 Å². The van der Waals surface area contributed by atoms with Crippen molar-refractivity contribution in [3.8, 4) is 5.75 Å². The molecule has 62 valence electrons. The van der Waals surface area contributed by atoms with Crippen LogP contribution < -0.4 is 4.74 Å². The second-order valence-corrected chi connectivity index (χ2v) is 2.46. The Morgan fingerprint density at radius 3 is 3.08 bits per heavy atom. The molecule has 0 spiro atoms. The molecule has 1 aromatic heterocycles. The minimum atomic E-state index is 0.677. The Balaban J connectivity index is 2.69. The number of rotatable bonds is 1. The highest BCUT2D eigenvalue weighted by atomic mass is 16.5. The number of fused-ring (bicyclic) bond motifs is 1. The number of nitrogens with zero attached hydrogens (tertiary/aromatic N) is 2. The van der Waals surface area contributed by atoms with Crippen LogP contribution in [0.15, 0.2) is 24.4 Å². The maximum absolute atomic E-state index is 9.14. The molecule has 4 nitrogen and oxygen atoms in total. The van der Waals surface area contributed by atoms with Crippen LogP contribution in [0.2, 0.25) is 0 Å². The van der Waals surface area contributed by atoms with E-state index in [0.717, 1.165) is 16.0 Å². The van der Waals surface area contributed by atoms with E-state index in [2.05, 4.69) is 5.10 Å². The lowest BCUT2D eigenvalue weighted by Gasteiger charge is -1.97. The Bertz CT molecular complexity index is 408. The summed E-state index contributed by atoms with van der Waals surface area (Å²) in [6.45, 7) is 0. The molecular weight excluding hydrogens is 156 g/mol. The molecule has 12 heavy (non-hydrogen) atoms. The maximum atomic E-state index is 9.14. The van der Waals surface area contributed by atoms with Gasteiger partial charge in [0.05, 0.1) is 13.3 Å². The van der Waals surface area contributed by atoms with Gasteiger partial charge in [0.1, 0.15) is 11.3 Å². The molecule has 2 rings (SSSR count). The van der Waals surface area contributed by atoms with Gasteiger partial charge in [0.2, 0.25) is 0 Å². The van der Waals surface area contributed by atoms with Gasteiger partial charge in [-0.2, -0.15) is 0 Å². The van der Waals surface area contributed by atoms with Gasteiger partial charge >= 0.3 is 0 Å². The van der Waals surface area contributed by atoms with Crippen molar-refractivity contribution in [1.82, 2.24) is 9.94 Å². The quantitative estimate of drug-likeness (QED) is 0.646.